The zero-order valence-electron chi connectivity index (χ0n) is 5.26. The molecule has 0 aromatic rings. The molecule has 7 heteroatoms. The van der Waals surface area contributed by atoms with E-state index in [2.05, 4.69) is 4.58 Å². The van der Waals surface area contributed by atoms with Crippen molar-refractivity contribution in [1.82, 2.24) is 0 Å². The molecule has 0 aliphatic carbocycles. The first-order chi connectivity index (χ1) is 5.07. The summed E-state index contributed by atoms with van der Waals surface area (Å²) < 4.78 is 2.23. The van der Waals surface area contributed by atoms with Crippen LogP contribution in [0.25, 0.3) is 0 Å². The summed E-state index contributed by atoms with van der Waals surface area (Å²) in [6.07, 6.45) is -0.605. The fourth-order valence-corrected chi connectivity index (χ4v) is 0.791. The maximum absolute atomic E-state index is 10.1. The van der Waals surface area contributed by atoms with Crippen LogP contribution in [0.5, 0.6) is 0 Å². The third-order valence-corrected chi connectivity index (χ3v) is 1.51. The molecule has 1 unspecified atom stereocenters. The maximum atomic E-state index is 10.1. The van der Waals surface area contributed by atoms with Crippen molar-refractivity contribution in [2.24, 2.45) is 4.58 Å². The van der Waals surface area contributed by atoms with Gasteiger partial charge in [0.1, 0.15) is 5.25 Å². The third kappa shape index (κ3) is 4.31. The van der Waals surface area contributed by atoms with Crippen LogP contribution in [-0.4, -0.2) is 27.4 Å². The summed E-state index contributed by atoms with van der Waals surface area (Å²) in [5.41, 5.74) is 0. The van der Waals surface area contributed by atoms with Gasteiger partial charge in [0.15, 0.2) is 0 Å². The molecule has 0 aromatic carbocycles. The first-order valence-corrected chi connectivity index (χ1v) is 3.34. The van der Waals surface area contributed by atoms with E-state index in [4.69, 9.17) is 10.2 Å². The van der Waals surface area contributed by atoms with Crippen LogP contribution in [0.15, 0.2) is 4.58 Å². The van der Waals surface area contributed by atoms with Crippen molar-refractivity contribution in [2.45, 2.75) is 11.7 Å². The van der Waals surface area contributed by atoms with Crippen molar-refractivity contribution < 1.29 is 19.8 Å². The Morgan fingerprint density at radius 3 is 2.27 bits per heavy atom. The van der Waals surface area contributed by atoms with Gasteiger partial charge in [-0.05, 0) is 0 Å². The van der Waals surface area contributed by atoms with E-state index < -0.39 is 23.6 Å². The van der Waals surface area contributed by atoms with Gasteiger partial charge in [-0.25, -0.2) is 0 Å². The average Bonchev–Trinajstić information content (AvgIpc) is 1.86. The Balaban J connectivity index is 3.99. The minimum Gasteiger partial charge on any atom is -0.481 e. The van der Waals surface area contributed by atoms with Crippen LogP contribution in [0.1, 0.15) is 6.42 Å². The number of nitrogens with zero attached hydrogens (tertiary/aromatic N) is 1. The standard InChI is InChI=1S/C4H5NO5S/c6-3(7)1-2(4(8)9)11-5-10/h2H,1H2,(H,6,7)(H,8,9). The largest absolute Gasteiger partial charge is 0.481 e. The van der Waals surface area contributed by atoms with Crippen LogP contribution in [0, 0.1) is 4.91 Å². The highest BCUT2D eigenvalue weighted by Crippen LogP contribution is 2.15. The lowest BCUT2D eigenvalue weighted by Crippen LogP contribution is -2.19. The predicted octanol–water partition coefficient (Wildman–Crippen LogP) is 0.329. The number of carboxylic acids is 2. The number of rotatable bonds is 5. The molecule has 2 N–H and O–H groups in total. The van der Waals surface area contributed by atoms with E-state index in [0.29, 0.717) is 0 Å². The molecule has 11 heavy (non-hydrogen) atoms. The molecule has 0 amide bonds. The molecular formula is C4H5NO5S. The van der Waals surface area contributed by atoms with Gasteiger partial charge < -0.3 is 10.2 Å². The van der Waals surface area contributed by atoms with Gasteiger partial charge in [-0.15, -0.1) is 4.91 Å². The van der Waals surface area contributed by atoms with Gasteiger partial charge >= 0.3 is 11.9 Å². The van der Waals surface area contributed by atoms with Crippen molar-refractivity contribution >= 4 is 23.9 Å². The molecule has 0 aliphatic heterocycles. The van der Waals surface area contributed by atoms with Crippen molar-refractivity contribution in [1.29, 1.82) is 0 Å². The van der Waals surface area contributed by atoms with Crippen molar-refractivity contribution in [3.8, 4) is 0 Å². The number of hydrogen-bond donors (Lipinski definition) is 2. The Bertz CT molecular complexity index is 181. The molecular weight excluding hydrogens is 174 g/mol. The van der Waals surface area contributed by atoms with Gasteiger partial charge in [-0.1, -0.05) is 0 Å². The molecule has 1 atom stereocenters. The molecule has 0 fully saturated rings. The van der Waals surface area contributed by atoms with E-state index in [1.54, 1.807) is 0 Å². The molecule has 0 radical (unpaired) electrons. The number of carboxylic acid groups (broad SMARTS) is 2. The Kier molecular flexibility index (Phi) is 4.20. The molecule has 0 saturated heterocycles. The molecule has 0 aliphatic rings. The van der Waals surface area contributed by atoms with Gasteiger partial charge in [0.25, 0.3) is 0 Å². The van der Waals surface area contributed by atoms with Gasteiger partial charge in [0.2, 0.25) is 0 Å². The van der Waals surface area contributed by atoms with E-state index in [0.717, 1.165) is 0 Å². The van der Waals surface area contributed by atoms with Crippen LogP contribution in [0.4, 0.5) is 0 Å². The van der Waals surface area contributed by atoms with Gasteiger partial charge in [0, 0.05) is 16.5 Å². The number of aliphatic carboxylic acids is 2. The van der Waals surface area contributed by atoms with Crippen LogP contribution >= 0.6 is 11.9 Å². The Morgan fingerprint density at radius 1 is 1.45 bits per heavy atom. The lowest BCUT2D eigenvalue weighted by molar-refractivity contribution is -0.142. The fourth-order valence-electron chi connectivity index (χ4n) is 0.380. The first kappa shape index (κ1) is 9.89. The van der Waals surface area contributed by atoms with Gasteiger partial charge in [-0.3, -0.25) is 9.59 Å². The minimum absolute atomic E-state index is 0.202. The lowest BCUT2D eigenvalue weighted by Gasteiger charge is -2.01. The summed E-state index contributed by atoms with van der Waals surface area (Å²) in [4.78, 5) is 29.7. The molecule has 0 bridgehead atoms. The minimum atomic E-state index is -1.35. The topological polar surface area (TPSA) is 104 Å². The average molecular weight is 179 g/mol. The zero-order chi connectivity index (χ0) is 8.85. The van der Waals surface area contributed by atoms with Crippen LogP contribution < -0.4 is 0 Å². The lowest BCUT2D eigenvalue weighted by atomic mass is 10.3. The number of carbonyl (C=O) groups is 2. The summed E-state index contributed by atoms with van der Waals surface area (Å²) in [7, 11) is 0. The summed E-state index contributed by atoms with van der Waals surface area (Å²) in [6.45, 7) is 0. The second-order valence-corrected chi connectivity index (χ2v) is 2.53. The highest BCUT2D eigenvalue weighted by molar-refractivity contribution is 7.99. The molecule has 0 rings (SSSR count). The number of hydrogen-bond acceptors (Lipinski definition) is 5. The second kappa shape index (κ2) is 4.67. The van der Waals surface area contributed by atoms with Crippen LogP contribution in [0.3, 0.4) is 0 Å². The highest BCUT2D eigenvalue weighted by Gasteiger charge is 2.22. The maximum Gasteiger partial charge on any atom is 0.319 e. The smallest absolute Gasteiger partial charge is 0.319 e. The summed E-state index contributed by atoms with van der Waals surface area (Å²) >= 11 is 0.202. The highest BCUT2D eigenvalue weighted by atomic mass is 32.2. The van der Waals surface area contributed by atoms with E-state index >= 15 is 0 Å². The summed E-state index contributed by atoms with van der Waals surface area (Å²) in [6, 6.07) is 0. The van der Waals surface area contributed by atoms with E-state index in [1.807, 2.05) is 0 Å². The third-order valence-electron chi connectivity index (χ3n) is 0.806. The first-order valence-electron chi connectivity index (χ1n) is 2.51. The van der Waals surface area contributed by atoms with Crippen molar-refractivity contribution in [3.63, 3.8) is 0 Å². The molecule has 6 nitrogen and oxygen atoms in total. The Morgan fingerprint density at radius 2 is 2.00 bits per heavy atom. The van der Waals surface area contributed by atoms with Crippen molar-refractivity contribution in [2.75, 3.05) is 0 Å². The summed E-state index contributed by atoms with van der Waals surface area (Å²) in [5.74, 6) is -2.62. The molecule has 0 aromatic heterocycles. The van der Waals surface area contributed by atoms with Crippen LogP contribution in [-0.2, 0) is 9.59 Å². The molecule has 0 saturated carbocycles. The van der Waals surface area contributed by atoms with E-state index in [1.165, 1.54) is 0 Å². The van der Waals surface area contributed by atoms with E-state index in [-0.39, 0.29) is 11.9 Å². The predicted molar refractivity (Wildman–Crippen MR) is 37.1 cm³/mol. The summed E-state index contributed by atoms with van der Waals surface area (Å²) in [5, 5.41) is 15.1. The Hall–Kier alpha value is -1.11. The quantitative estimate of drug-likeness (QED) is 0.465. The Labute approximate surface area is 65.7 Å². The fraction of sp³-hybridized carbons (Fsp3) is 0.500. The molecule has 0 heterocycles. The SMILES string of the molecule is O=NSC(CC(=O)O)C(=O)O. The van der Waals surface area contributed by atoms with Crippen molar-refractivity contribution in [3.05, 3.63) is 4.91 Å². The number of nitroso groups, excluding NO2 is 1. The second-order valence-electron chi connectivity index (χ2n) is 1.60. The monoisotopic (exact) mass is 179 g/mol. The zero-order valence-corrected chi connectivity index (χ0v) is 6.08. The van der Waals surface area contributed by atoms with Gasteiger partial charge in [0.05, 0.1) is 6.42 Å². The van der Waals surface area contributed by atoms with Gasteiger partial charge in [-0.2, -0.15) is 0 Å². The molecule has 62 valence electrons. The van der Waals surface area contributed by atoms with E-state index in [9.17, 15) is 14.5 Å². The van der Waals surface area contributed by atoms with Crippen LogP contribution in [0.2, 0.25) is 0 Å². The molecule has 0 spiro atoms. The normalized spacial score (nSPS) is 12.0.